The number of aromatic nitrogens is 1. The van der Waals surface area contributed by atoms with Crippen molar-refractivity contribution in [2.45, 2.75) is 24.9 Å². The molecule has 2 fully saturated rings. The Morgan fingerprint density at radius 1 is 1.20 bits per heavy atom. The van der Waals surface area contributed by atoms with Crippen LogP contribution in [-0.2, 0) is 11.8 Å². The normalized spacial score (nSPS) is 25.4. The molecule has 0 N–H and O–H groups in total. The van der Waals surface area contributed by atoms with Gasteiger partial charge in [-0.25, -0.2) is 0 Å². The smallest absolute Gasteiger partial charge is 0.256 e. The Balaban J connectivity index is 1.78. The van der Waals surface area contributed by atoms with Gasteiger partial charge in [0.1, 0.15) is 0 Å². The van der Waals surface area contributed by atoms with Crippen molar-refractivity contribution in [2.24, 2.45) is 7.05 Å². The van der Waals surface area contributed by atoms with Gasteiger partial charge in [-0.05, 0) is 18.9 Å². The van der Waals surface area contributed by atoms with Crippen LogP contribution in [0.25, 0.3) is 10.9 Å². The number of amides is 1. The highest BCUT2D eigenvalue weighted by molar-refractivity contribution is 6.07. The molecule has 2 saturated heterocycles. The molecule has 1 aromatic carbocycles. The van der Waals surface area contributed by atoms with Crippen LogP contribution in [0.4, 0.5) is 0 Å². The first-order chi connectivity index (χ1) is 9.75. The summed E-state index contributed by atoms with van der Waals surface area (Å²) < 4.78 is 7.60. The molecule has 104 valence electrons. The summed E-state index contributed by atoms with van der Waals surface area (Å²) in [5.41, 5.74) is 1.93. The molecule has 1 amide bonds. The van der Waals surface area contributed by atoms with Crippen molar-refractivity contribution in [1.29, 1.82) is 0 Å². The molecule has 2 aromatic rings. The Hall–Kier alpha value is -1.81. The molecular formula is C16H18N2O2. The molecule has 0 saturated carbocycles. The fraction of sp³-hybridized carbons (Fsp3) is 0.438. The third-order valence-corrected chi connectivity index (χ3v) is 4.60. The van der Waals surface area contributed by atoms with E-state index in [1.54, 1.807) is 0 Å². The second-order valence-electron chi connectivity index (χ2n) is 5.81. The zero-order chi connectivity index (χ0) is 13.7. The first-order valence-corrected chi connectivity index (χ1v) is 7.20. The number of benzene rings is 1. The zero-order valence-electron chi connectivity index (χ0n) is 11.6. The second kappa shape index (κ2) is 4.35. The maximum atomic E-state index is 12.9. The van der Waals surface area contributed by atoms with E-state index in [4.69, 9.17) is 4.74 Å². The summed E-state index contributed by atoms with van der Waals surface area (Å²) in [5, 5.41) is 1.05. The van der Waals surface area contributed by atoms with E-state index in [9.17, 15) is 4.79 Å². The highest BCUT2D eigenvalue weighted by atomic mass is 16.5. The number of ether oxygens (including phenoxy) is 1. The number of carbonyl (C=O) groups excluding carboxylic acids is 1. The van der Waals surface area contributed by atoms with Crippen LogP contribution in [0.3, 0.4) is 0 Å². The van der Waals surface area contributed by atoms with E-state index in [1.807, 2.05) is 36.0 Å². The molecule has 0 spiro atoms. The Bertz CT molecular complexity index is 660. The van der Waals surface area contributed by atoms with Gasteiger partial charge in [-0.2, -0.15) is 0 Å². The largest absolute Gasteiger partial charge is 0.377 e. The van der Waals surface area contributed by atoms with Crippen molar-refractivity contribution >= 4 is 16.8 Å². The number of fused-ring (bicyclic) bond motifs is 3. The van der Waals surface area contributed by atoms with Gasteiger partial charge in [0.05, 0.1) is 30.9 Å². The van der Waals surface area contributed by atoms with Crippen molar-refractivity contribution in [3.8, 4) is 0 Å². The lowest BCUT2D eigenvalue weighted by atomic mass is 10.1. The number of rotatable bonds is 1. The van der Waals surface area contributed by atoms with E-state index >= 15 is 0 Å². The van der Waals surface area contributed by atoms with Gasteiger partial charge >= 0.3 is 0 Å². The van der Waals surface area contributed by atoms with Crippen LogP contribution in [0.2, 0.25) is 0 Å². The number of nitrogens with zero attached hydrogens (tertiary/aromatic N) is 2. The number of hydrogen-bond donors (Lipinski definition) is 0. The molecular weight excluding hydrogens is 252 g/mol. The Morgan fingerprint density at radius 3 is 2.65 bits per heavy atom. The van der Waals surface area contributed by atoms with Crippen LogP contribution in [0.15, 0.2) is 30.5 Å². The average Bonchev–Trinajstić information content (AvgIpc) is 2.93. The van der Waals surface area contributed by atoms with Gasteiger partial charge in [0.15, 0.2) is 0 Å². The van der Waals surface area contributed by atoms with Gasteiger partial charge in [0.25, 0.3) is 5.91 Å². The second-order valence-corrected chi connectivity index (χ2v) is 5.81. The highest BCUT2D eigenvalue weighted by Gasteiger charge is 2.41. The molecule has 0 aliphatic carbocycles. The van der Waals surface area contributed by atoms with Gasteiger partial charge in [-0.1, -0.05) is 18.2 Å². The van der Waals surface area contributed by atoms with Crippen molar-refractivity contribution in [3.63, 3.8) is 0 Å². The van der Waals surface area contributed by atoms with Crippen LogP contribution >= 0.6 is 0 Å². The number of carbonyl (C=O) groups is 1. The number of hydrogen-bond acceptors (Lipinski definition) is 2. The number of para-hydroxylation sites is 1. The third kappa shape index (κ3) is 1.61. The van der Waals surface area contributed by atoms with Crippen LogP contribution in [0.1, 0.15) is 23.2 Å². The van der Waals surface area contributed by atoms with E-state index < -0.39 is 0 Å². The fourth-order valence-electron chi connectivity index (χ4n) is 3.61. The molecule has 2 aliphatic rings. The Morgan fingerprint density at radius 2 is 1.90 bits per heavy atom. The van der Waals surface area contributed by atoms with Crippen LogP contribution in [0.5, 0.6) is 0 Å². The fourth-order valence-corrected chi connectivity index (χ4v) is 3.61. The van der Waals surface area contributed by atoms with Gasteiger partial charge in [-0.15, -0.1) is 0 Å². The number of morpholine rings is 1. The topological polar surface area (TPSA) is 34.5 Å². The van der Waals surface area contributed by atoms with Crippen molar-refractivity contribution in [1.82, 2.24) is 9.47 Å². The van der Waals surface area contributed by atoms with Crippen molar-refractivity contribution in [2.75, 3.05) is 13.2 Å². The van der Waals surface area contributed by atoms with E-state index in [0.29, 0.717) is 13.2 Å². The van der Waals surface area contributed by atoms with E-state index in [-0.39, 0.29) is 18.0 Å². The highest BCUT2D eigenvalue weighted by Crippen LogP contribution is 2.32. The lowest BCUT2D eigenvalue weighted by molar-refractivity contribution is -0.00706. The summed E-state index contributed by atoms with van der Waals surface area (Å²) in [5.74, 6) is 0.164. The molecule has 4 heteroatoms. The first-order valence-electron chi connectivity index (χ1n) is 7.20. The minimum absolute atomic E-state index is 0.164. The van der Waals surface area contributed by atoms with Crippen LogP contribution in [0, 0.1) is 0 Å². The average molecular weight is 270 g/mol. The molecule has 2 aliphatic heterocycles. The summed E-state index contributed by atoms with van der Waals surface area (Å²) >= 11 is 0. The van der Waals surface area contributed by atoms with Gasteiger partial charge < -0.3 is 14.2 Å². The molecule has 0 radical (unpaired) electrons. The monoisotopic (exact) mass is 270 g/mol. The molecule has 1 aromatic heterocycles. The zero-order valence-corrected chi connectivity index (χ0v) is 11.6. The van der Waals surface area contributed by atoms with Crippen molar-refractivity contribution in [3.05, 3.63) is 36.0 Å². The van der Waals surface area contributed by atoms with Gasteiger partial charge in [-0.3, -0.25) is 4.79 Å². The summed E-state index contributed by atoms with van der Waals surface area (Å²) in [6.07, 6.45) is 4.10. The summed E-state index contributed by atoms with van der Waals surface area (Å²) in [6.45, 7) is 1.38. The van der Waals surface area contributed by atoms with Crippen LogP contribution in [-0.4, -0.2) is 40.7 Å². The number of aryl methyl sites for hydroxylation is 1. The quantitative estimate of drug-likeness (QED) is 0.796. The predicted octanol–water partition coefficient (Wildman–Crippen LogP) is 2.18. The molecule has 3 heterocycles. The predicted molar refractivity (Wildman–Crippen MR) is 76.7 cm³/mol. The molecule has 4 nitrogen and oxygen atoms in total. The molecule has 2 unspecified atom stereocenters. The maximum Gasteiger partial charge on any atom is 0.256 e. The Kier molecular flexibility index (Phi) is 2.60. The third-order valence-electron chi connectivity index (χ3n) is 4.60. The molecule has 2 bridgehead atoms. The SMILES string of the molecule is Cn1cc(C(=O)N2C3CCC2COC3)c2ccccc21. The summed E-state index contributed by atoms with van der Waals surface area (Å²) in [4.78, 5) is 15.0. The minimum atomic E-state index is 0.164. The van der Waals surface area contributed by atoms with Gasteiger partial charge in [0, 0.05) is 24.1 Å². The maximum absolute atomic E-state index is 12.9. The Labute approximate surface area is 117 Å². The minimum Gasteiger partial charge on any atom is -0.377 e. The van der Waals surface area contributed by atoms with Crippen LogP contribution < -0.4 is 0 Å². The lowest BCUT2D eigenvalue weighted by Gasteiger charge is -2.34. The standard InChI is InChI=1S/C16H18N2O2/c1-17-8-14(13-4-2-3-5-15(13)17)16(19)18-11-6-7-12(18)10-20-9-11/h2-5,8,11-12H,6-7,9-10H2,1H3. The molecule has 2 atom stereocenters. The van der Waals surface area contributed by atoms with E-state index in [1.165, 1.54) is 0 Å². The lowest BCUT2D eigenvalue weighted by Crippen LogP contribution is -2.49. The van der Waals surface area contributed by atoms with E-state index in [2.05, 4.69) is 11.0 Å². The summed E-state index contributed by atoms with van der Waals surface area (Å²) in [6, 6.07) is 8.62. The van der Waals surface area contributed by atoms with Crippen molar-refractivity contribution < 1.29 is 9.53 Å². The van der Waals surface area contributed by atoms with Gasteiger partial charge in [0.2, 0.25) is 0 Å². The summed E-state index contributed by atoms with van der Waals surface area (Å²) in [7, 11) is 1.99. The first kappa shape index (κ1) is 12.0. The van der Waals surface area contributed by atoms with E-state index in [0.717, 1.165) is 29.3 Å². The molecule has 4 rings (SSSR count). The molecule has 20 heavy (non-hydrogen) atoms.